The SMILES string of the molecule is C=CC(=O)OCC(O)COC(CO)CC1CO1. The van der Waals surface area contributed by atoms with Crippen LogP contribution in [0, 0.1) is 0 Å². The summed E-state index contributed by atoms with van der Waals surface area (Å²) in [6.07, 6.45) is 0.521. The lowest BCUT2D eigenvalue weighted by Gasteiger charge is -2.17. The second kappa shape index (κ2) is 7.39. The molecule has 0 saturated carbocycles. The van der Waals surface area contributed by atoms with Gasteiger partial charge in [-0.05, 0) is 0 Å². The molecule has 1 fully saturated rings. The molecule has 3 atom stereocenters. The fourth-order valence-electron chi connectivity index (χ4n) is 1.23. The van der Waals surface area contributed by atoms with E-state index in [0.717, 1.165) is 6.08 Å². The zero-order chi connectivity index (χ0) is 12.7. The van der Waals surface area contributed by atoms with Gasteiger partial charge in [-0.15, -0.1) is 0 Å². The molecular formula is C11H18O6. The molecule has 0 bridgehead atoms. The Kier molecular flexibility index (Phi) is 6.13. The molecule has 0 aromatic heterocycles. The molecule has 6 nitrogen and oxygen atoms in total. The summed E-state index contributed by atoms with van der Waals surface area (Å²) in [4.78, 5) is 10.7. The molecule has 6 heteroatoms. The fraction of sp³-hybridized carbons (Fsp3) is 0.727. The van der Waals surface area contributed by atoms with E-state index in [2.05, 4.69) is 11.3 Å². The highest BCUT2D eigenvalue weighted by Gasteiger charge is 2.27. The molecule has 98 valence electrons. The van der Waals surface area contributed by atoms with Gasteiger partial charge in [0, 0.05) is 12.5 Å². The summed E-state index contributed by atoms with van der Waals surface area (Å²) in [6, 6.07) is 0. The number of hydrogen-bond acceptors (Lipinski definition) is 6. The molecule has 0 radical (unpaired) electrons. The van der Waals surface area contributed by atoms with Crippen LogP contribution in [0.4, 0.5) is 0 Å². The Bertz CT molecular complexity index is 250. The van der Waals surface area contributed by atoms with Crippen LogP contribution in [0.2, 0.25) is 0 Å². The van der Waals surface area contributed by atoms with Crippen LogP contribution in [0.15, 0.2) is 12.7 Å². The maximum Gasteiger partial charge on any atom is 0.330 e. The molecule has 1 heterocycles. The van der Waals surface area contributed by atoms with Gasteiger partial charge in [-0.2, -0.15) is 0 Å². The number of aliphatic hydroxyl groups is 2. The monoisotopic (exact) mass is 246 g/mol. The predicted molar refractivity (Wildman–Crippen MR) is 58.3 cm³/mol. The van der Waals surface area contributed by atoms with Gasteiger partial charge in [0.25, 0.3) is 0 Å². The van der Waals surface area contributed by atoms with Crippen LogP contribution in [-0.4, -0.2) is 60.9 Å². The number of esters is 1. The minimum absolute atomic E-state index is 0.00235. The molecular weight excluding hydrogens is 228 g/mol. The van der Waals surface area contributed by atoms with Gasteiger partial charge in [-0.25, -0.2) is 4.79 Å². The Labute approximate surface area is 99.8 Å². The molecule has 2 N–H and O–H groups in total. The third-order valence-corrected chi connectivity index (χ3v) is 2.24. The number of carbonyl (C=O) groups excluding carboxylic acids is 1. The third kappa shape index (κ3) is 6.38. The summed E-state index contributed by atoms with van der Waals surface area (Å²) in [7, 11) is 0. The van der Waals surface area contributed by atoms with Gasteiger partial charge >= 0.3 is 5.97 Å². The first kappa shape index (κ1) is 14.1. The Morgan fingerprint density at radius 1 is 1.59 bits per heavy atom. The molecule has 1 rings (SSSR count). The lowest BCUT2D eigenvalue weighted by Crippen LogP contribution is -2.29. The van der Waals surface area contributed by atoms with E-state index in [1.54, 1.807) is 0 Å². The van der Waals surface area contributed by atoms with Gasteiger partial charge in [0.15, 0.2) is 0 Å². The topological polar surface area (TPSA) is 88.5 Å². The van der Waals surface area contributed by atoms with E-state index >= 15 is 0 Å². The van der Waals surface area contributed by atoms with Gasteiger partial charge in [0.05, 0.1) is 32.0 Å². The predicted octanol–water partition coefficient (Wildman–Crippen LogP) is -0.757. The first-order chi connectivity index (χ1) is 8.15. The molecule has 3 unspecified atom stereocenters. The van der Waals surface area contributed by atoms with E-state index in [9.17, 15) is 9.90 Å². The molecule has 0 aromatic rings. The van der Waals surface area contributed by atoms with Gasteiger partial charge in [-0.3, -0.25) is 0 Å². The molecule has 0 aliphatic carbocycles. The number of aliphatic hydroxyl groups excluding tert-OH is 2. The Morgan fingerprint density at radius 2 is 2.29 bits per heavy atom. The van der Waals surface area contributed by atoms with E-state index in [1.807, 2.05) is 0 Å². The van der Waals surface area contributed by atoms with Crippen LogP contribution in [0.25, 0.3) is 0 Å². The second-order valence-corrected chi connectivity index (χ2v) is 3.82. The summed E-state index contributed by atoms with van der Waals surface area (Å²) in [5, 5.41) is 18.4. The van der Waals surface area contributed by atoms with Crippen LogP contribution in [0.1, 0.15) is 6.42 Å². The van der Waals surface area contributed by atoms with E-state index < -0.39 is 12.1 Å². The molecule has 0 aromatic carbocycles. The average Bonchev–Trinajstić information content (AvgIpc) is 3.15. The first-order valence-electron chi connectivity index (χ1n) is 5.47. The maximum absolute atomic E-state index is 10.7. The van der Waals surface area contributed by atoms with Crippen molar-refractivity contribution in [2.24, 2.45) is 0 Å². The van der Waals surface area contributed by atoms with Crippen molar-refractivity contribution in [2.45, 2.75) is 24.7 Å². The number of rotatable bonds is 9. The smallest absolute Gasteiger partial charge is 0.330 e. The largest absolute Gasteiger partial charge is 0.460 e. The van der Waals surface area contributed by atoms with E-state index in [4.69, 9.17) is 14.6 Å². The van der Waals surface area contributed by atoms with Crippen molar-refractivity contribution >= 4 is 5.97 Å². The highest BCUT2D eigenvalue weighted by atomic mass is 16.6. The van der Waals surface area contributed by atoms with Gasteiger partial charge in [0.1, 0.15) is 12.7 Å². The van der Waals surface area contributed by atoms with Crippen LogP contribution < -0.4 is 0 Å². The van der Waals surface area contributed by atoms with Crippen molar-refractivity contribution in [3.63, 3.8) is 0 Å². The normalized spacial score (nSPS) is 21.6. The van der Waals surface area contributed by atoms with E-state index in [-0.39, 0.29) is 32.0 Å². The number of carbonyl (C=O) groups is 1. The standard InChI is InChI=1S/C11H18O6/c1-2-11(14)17-6-8(13)5-15-9(4-12)3-10-7-16-10/h2,8-10,12-13H,1,3-7H2. The molecule has 1 aliphatic rings. The van der Waals surface area contributed by atoms with Gasteiger partial charge < -0.3 is 24.4 Å². The summed E-state index contributed by atoms with van der Waals surface area (Å²) in [5.41, 5.74) is 0. The van der Waals surface area contributed by atoms with Crippen molar-refractivity contribution in [3.8, 4) is 0 Å². The van der Waals surface area contributed by atoms with Crippen LogP contribution >= 0.6 is 0 Å². The first-order valence-corrected chi connectivity index (χ1v) is 5.47. The van der Waals surface area contributed by atoms with Crippen LogP contribution in [0.3, 0.4) is 0 Å². The minimum Gasteiger partial charge on any atom is -0.460 e. The van der Waals surface area contributed by atoms with E-state index in [0.29, 0.717) is 13.0 Å². The Morgan fingerprint density at radius 3 is 2.82 bits per heavy atom. The number of ether oxygens (including phenoxy) is 3. The van der Waals surface area contributed by atoms with Crippen molar-refractivity contribution in [1.29, 1.82) is 0 Å². The summed E-state index contributed by atoms with van der Waals surface area (Å²) < 4.78 is 14.9. The summed E-state index contributed by atoms with van der Waals surface area (Å²) >= 11 is 0. The molecule has 17 heavy (non-hydrogen) atoms. The van der Waals surface area contributed by atoms with Crippen LogP contribution in [0.5, 0.6) is 0 Å². The van der Waals surface area contributed by atoms with Gasteiger partial charge in [0.2, 0.25) is 0 Å². The lowest BCUT2D eigenvalue weighted by atomic mass is 10.2. The van der Waals surface area contributed by atoms with Crippen molar-refractivity contribution in [3.05, 3.63) is 12.7 Å². The highest BCUT2D eigenvalue weighted by molar-refractivity contribution is 5.81. The quantitative estimate of drug-likeness (QED) is 0.316. The maximum atomic E-state index is 10.7. The third-order valence-electron chi connectivity index (χ3n) is 2.24. The molecule has 0 amide bonds. The Balaban J connectivity index is 2.09. The molecule has 0 spiro atoms. The average molecular weight is 246 g/mol. The minimum atomic E-state index is -0.909. The Hall–Kier alpha value is -0.950. The molecule has 1 saturated heterocycles. The van der Waals surface area contributed by atoms with Crippen molar-refractivity contribution in [2.75, 3.05) is 26.4 Å². The van der Waals surface area contributed by atoms with Gasteiger partial charge in [-0.1, -0.05) is 6.58 Å². The lowest BCUT2D eigenvalue weighted by molar-refractivity contribution is -0.142. The summed E-state index contributed by atoms with van der Waals surface area (Å²) in [5.74, 6) is -0.589. The number of epoxide rings is 1. The highest BCUT2D eigenvalue weighted by Crippen LogP contribution is 2.17. The fourth-order valence-corrected chi connectivity index (χ4v) is 1.23. The van der Waals surface area contributed by atoms with Crippen molar-refractivity contribution < 1.29 is 29.2 Å². The summed E-state index contributed by atoms with van der Waals surface area (Å²) in [6.45, 7) is 3.65. The van der Waals surface area contributed by atoms with Crippen molar-refractivity contribution in [1.82, 2.24) is 0 Å². The number of hydrogen-bond donors (Lipinski definition) is 2. The zero-order valence-electron chi connectivity index (χ0n) is 9.58. The van der Waals surface area contributed by atoms with E-state index in [1.165, 1.54) is 0 Å². The zero-order valence-corrected chi connectivity index (χ0v) is 9.58. The van der Waals surface area contributed by atoms with Crippen LogP contribution in [-0.2, 0) is 19.0 Å². The molecule has 1 aliphatic heterocycles. The second-order valence-electron chi connectivity index (χ2n) is 3.82.